The molecular weight excluding hydrogens is 509 g/mol. The van der Waals surface area contributed by atoms with E-state index in [-0.39, 0.29) is 30.1 Å². The van der Waals surface area contributed by atoms with Crippen LogP contribution in [-0.4, -0.2) is 56.8 Å². The van der Waals surface area contributed by atoms with Crippen LogP contribution in [0.4, 0.5) is 13.2 Å². The quantitative estimate of drug-likeness (QED) is 0.381. The molecule has 0 saturated carbocycles. The van der Waals surface area contributed by atoms with E-state index in [1.807, 2.05) is 72.5 Å². The molecule has 1 N–H and O–H groups in total. The maximum atomic E-state index is 13.4. The molecule has 2 atom stereocenters. The molecule has 1 fully saturated rings. The van der Waals surface area contributed by atoms with E-state index in [1.54, 1.807) is 12.1 Å². The van der Waals surface area contributed by atoms with Gasteiger partial charge in [-0.3, -0.25) is 9.69 Å². The number of hydrogen-bond donors (Lipinski definition) is 1. The van der Waals surface area contributed by atoms with Crippen molar-refractivity contribution in [1.82, 2.24) is 30.4 Å². The number of methoxy groups -OCH3 is 1. The van der Waals surface area contributed by atoms with E-state index in [1.165, 1.54) is 13.2 Å². The smallest absolute Gasteiger partial charge is 0.453 e. The predicted octanol–water partition coefficient (Wildman–Crippen LogP) is 4.21. The molecule has 1 aliphatic rings. The Bertz CT molecular complexity index is 1390. The lowest BCUT2D eigenvalue weighted by Crippen LogP contribution is -2.60. The summed E-state index contributed by atoms with van der Waals surface area (Å²) in [6, 6.07) is 23.9. The van der Waals surface area contributed by atoms with Crippen LogP contribution in [0.25, 0.3) is 5.69 Å². The molecule has 39 heavy (non-hydrogen) atoms. The van der Waals surface area contributed by atoms with Crippen molar-refractivity contribution in [2.45, 2.75) is 37.6 Å². The van der Waals surface area contributed by atoms with Gasteiger partial charge in [0.1, 0.15) is 5.75 Å². The van der Waals surface area contributed by atoms with Crippen LogP contribution in [0.3, 0.4) is 0 Å². The van der Waals surface area contributed by atoms with Gasteiger partial charge in [-0.05, 0) is 46.7 Å². The van der Waals surface area contributed by atoms with E-state index in [4.69, 9.17) is 4.74 Å². The first-order chi connectivity index (χ1) is 18.8. The van der Waals surface area contributed by atoms with Crippen LogP contribution in [0.5, 0.6) is 5.75 Å². The van der Waals surface area contributed by atoms with Gasteiger partial charge in [0, 0.05) is 24.6 Å². The van der Waals surface area contributed by atoms with Crippen LogP contribution in [0.15, 0.2) is 78.9 Å². The van der Waals surface area contributed by atoms with Crippen molar-refractivity contribution < 1.29 is 22.7 Å². The molecule has 2 unspecified atom stereocenters. The number of piperazine rings is 1. The van der Waals surface area contributed by atoms with Gasteiger partial charge in [0.15, 0.2) is 0 Å². The minimum Gasteiger partial charge on any atom is -0.496 e. The molecule has 1 aliphatic heterocycles. The molecule has 5 rings (SSSR count). The molecule has 202 valence electrons. The number of rotatable bonds is 7. The van der Waals surface area contributed by atoms with Gasteiger partial charge >= 0.3 is 6.18 Å². The summed E-state index contributed by atoms with van der Waals surface area (Å²) in [5.74, 6) is -0.969. The monoisotopic (exact) mass is 536 g/mol. The highest BCUT2D eigenvalue weighted by atomic mass is 19.4. The molecule has 1 amide bonds. The molecule has 3 aromatic carbocycles. The van der Waals surface area contributed by atoms with Crippen molar-refractivity contribution in [1.29, 1.82) is 0 Å². The molecule has 0 aliphatic carbocycles. The van der Waals surface area contributed by atoms with Gasteiger partial charge in [0.25, 0.3) is 5.82 Å². The first kappa shape index (κ1) is 26.4. The largest absolute Gasteiger partial charge is 0.496 e. The van der Waals surface area contributed by atoms with Gasteiger partial charge in [0.05, 0.1) is 24.9 Å². The van der Waals surface area contributed by atoms with E-state index in [9.17, 15) is 18.0 Å². The molecule has 11 heteroatoms. The van der Waals surface area contributed by atoms with E-state index in [2.05, 4.69) is 20.8 Å². The number of nitrogens with one attached hydrogen (secondary N) is 1. The lowest BCUT2D eigenvalue weighted by molar-refractivity contribution is -0.146. The number of amides is 1. The zero-order valence-corrected chi connectivity index (χ0v) is 21.3. The van der Waals surface area contributed by atoms with Crippen LogP contribution in [0.2, 0.25) is 0 Å². The second kappa shape index (κ2) is 10.9. The molecule has 8 nitrogen and oxygen atoms in total. The summed E-state index contributed by atoms with van der Waals surface area (Å²) < 4.78 is 46.5. The summed E-state index contributed by atoms with van der Waals surface area (Å²) >= 11 is 0. The second-order valence-electron chi connectivity index (χ2n) is 9.43. The van der Waals surface area contributed by atoms with Crippen LogP contribution in [0.1, 0.15) is 35.4 Å². The number of alkyl halides is 3. The Morgan fingerprint density at radius 1 is 1.03 bits per heavy atom. The van der Waals surface area contributed by atoms with Gasteiger partial charge in [0.2, 0.25) is 5.91 Å². The fourth-order valence-electron chi connectivity index (χ4n) is 5.07. The third kappa shape index (κ3) is 5.49. The van der Waals surface area contributed by atoms with Crippen molar-refractivity contribution in [3.63, 3.8) is 0 Å². The number of aromatic nitrogens is 4. The molecule has 2 heterocycles. The van der Waals surface area contributed by atoms with Gasteiger partial charge in [-0.25, -0.2) is 0 Å². The minimum atomic E-state index is -4.72. The lowest BCUT2D eigenvalue weighted by atomic mass is 9.83. The highest BCUT2D eigenvalue weighted by Gasteiger charge is 2.39. The third-order valence-corrected chi connectivity index (χ3v) is 7.01. The van der Waals surface area contributed by atoms with Crippen LogP contribution < -0.4 is 10.1 Å². The summed E-state index contributed by atoms with van der Waals surface area (Å²) in [6.07, 6.45) is -4.72. The minimum absolute atomic E-state index is 0.102. The Morgan fingerprint density at radius 3 is 2.26 bits per heavy atom. The fraction of sp³-hybridized carbons (Fsp3) is 0.286. The van der Waals surface area contributed by atoms with E-state index in [0.29, 0.717) is 22.5 Å². The summed E-state index contributed by atoms with van der Waals surface area (Å²) in [7, 11) is 1.49. The number of nitrogens with zero attached hydrogens (tertiary/aromatic N) is 5. The highest BCUT2D eigenvalue weighted by Crippen LogP contribution is 2.33. The van der Waals surface area contributed by atoms with E-state index < -0.39 is 18.0 Å². The summed E-state index contributed by atoms with van der Waals surface area (Å²) in [5, 5.41) is 13.1. The number of halogens is 3. The number of benzene rings is 3. The molecule has 1 aromatic heterocycles. The standard InChI is InChI=1S/C28H27F3N6O2/c1-18-26(38)32-23(25(19-9-5-3-6-10-19)20-11-7-4-8-12-20)17-36(18)16-21-15-22(13-14-24(21)39-2)37-27(28(29,30)31)33-34-35-37/h3-15,18,23,25H,16-17H2,1-2H3,(H,32,38). The van der Waals surface area contributed by atoms with Crippen molar-refractivity contribution in [3.05, 3.63) is 101 Å². The van der Waals surface area contributed by atoms with Crippen molar-refractivity contribution in [2.24, 2.45) is 0 Å². The topological polar surface area (TPSA) is 85.2 Å². The molecule has 0 radical (unpaired) electrons. The fourth-order valence-corrected chi connectivity index (χ4v) is 5.07. The van der Waals surface area contributed by atoms with Crippen LogP contribution >= 0.6 is 0 Å². The Hall–Kier alpha value is -4.25. The SMILES string of the molecule is COc1ccc(-n2nnnc2C(F)(F)F)cc1CN1CC(C(c2ccccc2)c2ccccc2)NC(=O)C1C. The van der Waals surface area contributed by atoms with E-state index in [0.717, 1.165) is 11.1 Å². The maximum absolute atomic E-state index is 13.4. The van der Waals surface area contributed by atoms with Crippen molar-refractivity contribution in [3.8, 4) is 11.4 Å². The van der Waals surface area contributed by atoms with Crippen LogP contribution in [-0.2, 0) is 17.5 Å². The molecule has 4 aromatic rings. The second-order valence-corrected chi connectivity index (χ2v) is 9.43. The number of carbonyl (C=O) groups excluding carboxylic acids is 1. The molecule has 1 saturated heterocycles. The maximum Gasteiger partial charge on any atom is 0.453 e. The normalized spacial score (nSPS) is 18.3. The molecule has 0 bridgehead atoms. The highest BCUT2D eigenvalue weighted by molar-refractivity contribution is 5.82. The molecule has 0 spiro atoms. The first-order valence-corrected chi connectivity index (χ1v) is 12.4. The van der Waals surface area contributed by atoms with Crippen molar-refractivity contribution >= 4 is 5.91 Å². The average molecular weight is 537 g/mol. The molecular formula is C28H27F3N6O2. The number of carbonyl (C=O) groups is 1. The number of tetrazole rings is 1. The lowest BCUT2D eigenvalue weighted by Gasteiger charge is -2.41. The van der Waals surface area contributed by atoms with E-state index >= 15 is 0 Å². The third-order valence-electron chi connectivity index (χ3n) is 7.01. The van der Waals surface area contributed by atoms with Gasteiger partial charge in [-0.1, -0.05) is 60.7 Å². The number of hydrogen-bond acceptors (Lipinski definition) is 6. The Balaban J connectivity index is 1.48. The van der Waals surface area contributed by atoms with Gasteiger partial charge in [-0.15, -0.1) is 5.10 Å². The van der Waals surface area contributed by atoms with Gasteiger partial charge < -0.3 is 10.1 Å². The summed E-state index contributed by atoms with van der Waals surface area (Å²) in [4.78, 5) is 15.2. The van der Waals surface area contributed by atoms with Crippen LogP contribution in [0, 0.1) is 0 Å². The average Bonchev–Trinajstić information content (AvgIpc) is 3.44. The first-order valence-electron chi connectivity index (χ1n) is 12.4. The summed E-state index contributed by atoms with van der Waals surface area (Å²) in [6.45, 7) is 2.58. The predicted molar refractivity (Wildman–Crippen MR) is 137 cm³/mol. The summed E-state index contributed by atoms with van der Waals surface area (Å²) in [5.41, 5.74) is 2.89. The number of ether oxygens (including phenoxy) is 1. The Morgan fingerprint density at radius 2 is 1.67 bits per heavy atom. The van der Waals surface area contributed by atoms with Crippen molar-refractivity contribution in [2.75, 3.05) is 13.7 Å². The Kier molecular flexibility index (Phi) is 7.34. The van der Waals surface area contributed by atoms with Gasteiger partial charge in [-0.2, -0.15) is 17.9 Å². The zero-order valence-electron chi connectivity index (χ0n) is 21.3. The Labute approximate surface area is 223 Å². The zero-order chi connectivity index (χ0) is 27.6.